The van der Waals surface area contributed by atoms with Gasteiger partial charge in [-0.2, -0.15) is 4.98 Å². The predicted octanol–water partition coefficient (Wildman–Crippen LogP) is 3.26. The lowest BCUT2D eigenvalue weighted by molar-refractivity contribution is -0.128. The van der Waals surface area contributed by atoms with Gasteiger partial charge in [-0.05, 0) is 36.6 Å². The van der Waals surface area contributed by atoms with Crippen LogP contribution in [0.4, 0.5) is 4.39 Å². The molecular formula is C27H33FN6O3S. The molecule has 1 atom stereocenters. The monoisotopic (exact) mass is 540 g/mol. The van der Waals surface area contributed by atoms with Crippen molar-refractivity contribution in [3.63, 3.8) is 0 Å². The third kappa shape index (κ3) is 9.37. The van der Waals surface area contributed by atoms with E-state index in [1.54, 1.807) is 42.2 Å². The Bertz CT molecular complexity index is 1250. The molecule has 2 heterocycles. The van der Waals surface area contributed by atoms with E-state index in [-0.39, 0.29) is 30.6 Å². The summed E-state index contributed by atoms with van der Waals surface area (Å²) in [5, 5.41) is 5.92. The Balaban J connectivity index is 1.71. The van der Waals surface area contributed by atoms with E-state index in [0.717, 1.165) is 36.8 Å². The number of unbranched alkanes of at least 4 members (excludes halogenated alkanes) is 3. The molecule has 0 saturated carbocycles. The molecule has 0 fully saturated rings. The molecule has 11 heteroatoms. The summed E-state index contributed by atoms with van der Waals surface area (Å²) in [6.45, 7) is 4.19. The standard InChI is InChI=1S/C27H33FN6O3S/c1-3-4-5-6-11-31-25(36)19(2)32-24(35)16-34-15-22(12-21-13-29-18-30-14-21)26(37)33-27(34)38-17-20-7-9-23(28)10-8-20/h7-10,13-15,18-19H,3-6,11-12,16-17H2,1-2H3,(H,31,36)(H,32,35)/t19-/m0/s1. The van der Waals surface area contributed by atoms with Gasteiger partial charge in [0, 0.05) is 42.9 Å². The third-order valence-corrected chi connectivity index (χ3v) is 6.80. The van der Waals surface area contributed by atoms with E-state index in [4.69, 9.17) is 0 Å². The predicted molar refractivity (Wildman–Crippen MR) is 144 cm³/mol. The van der Waals surface area contributed by atoms with Crippen molar-refractivity contribution in [3.05, 3.63) is 82.0 Å². The van der Waals surface area contributed by atoms with E-state index >= 15 is 0 Å². The molecule has 0 aliphatic rings. The molecule has 0 radical (unpaired) electrons. The molecule has 2 aromatic heterocycles. The van der Waals surface area contributed by atoms with Gasteiger partial charge in [0.05, 0.1) is 0 Å². The van der Waals surface area contributed by atoms with Gasteiger partial charge in [0.25, 0.3) is 5.56 Å². The molecule has 0 unspecified atom stereocenters. The Labute approximate surface area is 225 Å². The number of carbonyl (C=O) groups excluding carboxylic acids is 2. The van der Waals surface area contributed by atoms with Crippen molar-refractivity contribution in [2.24, 2.45) is 0 Å². The molecule has 0 bridgehead atoms. The van der Waals surface area contributed by atoms with Crippen LogP contribution in [0.2, 0.25) is 0 Å². The Kier molecular flexibility index (Phi) is 11.4. The number of hydrogen-bond donors (Lipinski definition) is 2. The second-order valence-corrected chi connectivity index (χ2v) is 9.90. The van der Waals surface area contributed by atoms with Crippen molar-refractivity contribution in [1.82, 2.24) is 30.2 Å². The van der Waals surface area contributed by atoms with Gasteiger partial charge < -0.3 is 15.2 Å². The highest BCUT2D eigenvalue weighted by atomic mass is 32.2. The molecule has 2 N–H and O–H groups in total. The summed E-state index contributed by atoms with van der Waals surface area (Å²) >= 11 is 1.27. The minimum absolute atomic E-state index is 0.133. The van der Waals surface area contributed by atoms with Gasteiger partial charge in [-0.15, -0.1) is 0 Å². The first-order valence-corrected chi connectivity index (χ1v) is 13.6. The van der Waals surface area contributed by atoms with Gasteiger partial charge in [-0.25, -0.2) is 14.4 Å². The van der Waals surface area contributed by atoms with Crippen molar-refractivity contribution >= 4 is 23.6 Å². The zero-order chi connectivity index (χ0) is 27.3. The van der Waals surface area contributed by atoms with Gasteiger partial charge in [0.1, 0.15) is 24.7 Å². The van der Waals surface area contributed by atoms with E-state index < -0.39 is 11.6 Å². The number of aromatic nitrogens is 4. The van der Waals surface area contributed by atoms with Crippen LogP contribution in [0.3, 0.4) is 0 Å². The fourth-order valence-corrected chi connectivity index (χ4v) is 4.58. The van der Waals surface area contributed by atoms with Crippen molar-refractivity contribution in [3.8, 4) is 0 Å². The molecule has 3 aromatic rings. The lowest BCUT2D eigenvalue weighted by Crippen LogP contribution is -2.46. The molecular weight excluding hydrogens is 507 g/mol. The maximum absolute atomic E-state index is 13.3. The summed E-state index contributed by atoms with van der Waals surface area (Å²) in [5.41, 5.74) is 1.55. The van der Waals surface area contributed by atoms with E-state index in [1.807, 2.05) is 0 Å². The van der Waals surface area contributed by atoms with Crippen LogP contribution >= 0.6 is 11.8 Å². The third-order valence-electron chi connectivity index (χ3n) is 5.73. The zero-order valence-corrected chi connectivity index (χ0v) is 22.5. The van der Waals surface area contributed by atoms with Crippen LogP contribution in [0.15, 0.2) is 59.1 Å². The first-order chi connectivity index (χ1) is 18.4. The van der Waals surface area contributed by atoms with E-state index in [0.29, 0.717) is 23.0 Å². The lowest BCUT2D eigenvalue weighted by Gasteiger charge is -2.17. The molecule has 2 amide bonds. The lowest BCUT2D eigenvalue weighted by atomic mass is 10.1. The number of nitrogens with one attached hydrogen (secondary N) is 2. The SMILES string of the molecule is CCCCCCNC(=O)[C@H](C)NC(=O)Cn1cc(Cc2cncnc2)c(=O)nc1SCc1ccc(F)cc1. The van der Waals surface area contributed by atoms with E-state index in [1.165, 1.54) is 30.2 Å². The van der Waals surface area contributed by atoms with E-state index in [2.05, 4.69) is 32.5 Å². The quantitative estimate of drug-likeness (QED) is 0.183. The maximum atomic E-state index is 13.3. The molecule has 0 saturated heterocycles. The second-order valence-electron chi connectivity index (χ2n) is 8.96. The average Bonchev–Trinajstić information content (AvgIpc) is 2.90. The van der Waals surface area contributed by atoms with Crippen molar-refractivity contribution in [1.29, 1.82) is 0 Å². The van der Waals surface area contributed by atoms with Crippen LogP contribution in [0.25, 0.3) is 0 Å². The molecule has 202 valence electrons. The minimum atomic E-state index is -0.711. The smallest absolute Gasteiger partial charge is 0.277 e. The molecule has 0 spiro atoms. The molecule has 1 aromatic carbocycles. The van der Waals surface area contributed by atoms with Crippen molar-refractivity contribution in [2.75, 3.05) is 6.54 Å². The summed E-state index contributed by atoms with van der Waals surface area (Å²) in [7, 11) is 0. The van der Waals surface area contributed by atoms with Crippen LogP contribution in [0.1, 0.15) is 56.2 Å². The summed E-state index contributed by atoms with van der Waals surface area (Å²) < 4.78 is 14.9. The Morgan fingerprint density at radius 3 is 2.53 bits per heavy atom. The van der Waals surface area contributed by atoms with Gasteiger partial charge in [-0.3, -0.25) is 14.4 Å². The normalized spacial score (nSPS) is 11.7. The first kappa shape index (κ1) is 29.0. The minimum Gasteiger partial charge on any atom is -0.354 e. The summed E-state index contributed by atoms with van der Waals surface area (Å²) in [5.74, 6) is -0.541. The fraction of sp³-hybridized carbons (Fsp3) is 0.407. The zero-order valence-electron chi connectivity index (χ0n) is 21.7. The Morgan fingerprint density at radius 1 is 1.08 bits per heavy atom. The molecule has 3 rings (SSSR count). The van der Waals surface area contributed by atoms with Gasteiger partial charge in [0.2, 0.25) is 11.8 Å². The fourth-order valence-electron chi connectivity index (χ4n) is 3.66. The highest BCUT2D eigenvalue weighted by Gasteiger charge is 2.18. The number of halogens is 1. The number of hydrogen-bond acceptors (Lipinski definition) is 7. The van der Waals surface area contributed by atoms with Crippen molar-refractivity contribution in [2.45, 2.75) is 69.4 Å². The highest BCUT2D eigenvalue weighted by molar-refractivity contribution is 7.98. The number of amides is 2. The van der Waals surface area contributed by atoms with Gasteiger partial charge >= 0.3 is 0 Å². The van der Waals surface area contributed by atoms with Gasteiger partial charge in [0.15, 0.2) is 5.16 Å². The van der Waals surface area contributed by atoms with Crippen LogP contribution < -0.4 is 16.2 Å². The van der Waals surface area contributed by atoms with Crippen LogP contribution in [-0.4, -0.2) is 43.9 Å². The topological polar surface area (TPSA) is 119 Å². The summed E-state index contributed by atoms with van der Waals surface area (Å²) in [4.78, 5) is 50.2. The molecule has 38 heavy (non-hydrogen) atoms. The molecule has 0 aliphatic carbocycles. The van der Waals surface area contributed by atoms with Crippen molar-refractivity contribution < 1.29 is 14.0 Å². The second kappa shape index (κ2) is 15.0. The number of rotatable bonds is 14. The number of benzene rings is 1. The number of carbonyl (C=O) groups is 2. The molecule has 9 nitrogen and oxygen atoms in total. The van der Waals surface area contributed by atoms with Gasteiger partial charge in [-0.1, -0.05) is 50.1 Å². The maximum Gasteiger partial charge on any atom is 0.277 e. The average molecular weight is 541 g/mol. The number of nitrogens with zero attached hydrogens (tertiary/aromatic N) is 4. The largest absolute Gasteiger partial charge is 0.354 e. The van der Waals surface area contributed by atoms with Crippen LogP contribution in [-0.2, 0) is 28.3 Å². The first-order valence-electron chi connectivity index (χ1n) is 12.6. The highest BCUT2D eigenvalue weighted by Crippen LogP contribution is 2.21. The summed E-state index contributed by atoms with van der Waals surface area (Å²) in [6, 6.07) is 5.33. The number of thioether (sulfide) groups is 1. The molecule has 0 aliphatic heterocycles. The van der Waals surface area contributed by atoms with Crippen LogP contribution in [0, 0.1) is 5.82 Å². The summed E-state index contributed by atoms with van der Waals surface area (Å²) in [6.07, 6.45) is 10.7. The van der Waals surface area contributed by atoms with E-state index in [9.17, 15) is 18.8 Å². The Morgan fingerprint density at radius 2 is 1.82 bits per heavy atom. The van der Waals surface area contributed by atoms with Crippen LogP contribution in [0.5, 0.6) is 0 Å². The Hall–Kier alpha value is -3.60.